The van der Waals surface area contributed by atoms with E-state index in [1.54, 1.807) is 0 Å². The summed E-state index contributed by atoms with van der Waals surface area (Å²) in [4.78, 5) is 17.4. The molecule has 2 aromatic carbocycles. The summed E-state index contributed by atoms with van der Waals surface area (Å²) in [7, 11) is 2.04. The molecule has 4 rings (SSSR count). The number of nitrogens with zero attached hydrogens (tertiary/aromatic N) is 2. The van der Waals surface area contributed by atoms with E-state index < -0.39 is 0 Å². The molecule has 2 atom stereocenters. The Labute approximate surface area is 159 Å². The van der Waals surface area contributed by atoms with Crippen molar-refractivity contribution in [1.29, 1.82) is 0 Å². The largest absolute Gasteiger partial charge is 0.349 e. The molecular formula is C23H25N3O. The fourth-order valence-corrected chi connectivity index (χ4v) is 3.85. The number of benzene rings is 2. The maximum Gasteiger partial charge on any atom is 0.221 e. The van der Waals surface area contributed by atoms with Gasteiger partial charge in [-0.25, -0.2) is 4.98 Å². The third-order valence-corrected chi connectivity index (χ3v) is 5.36. The van der Waals surface area contributed by atoms with Crippen molar-refractivity contribution in [1.82, 2.24) is 14.9 Å². The van der Waals surface area contributed by atoms with E-state index in [1.165, 1.54) is 0 Å². The quantitative estimate of drug-likeness (QED) is 0.666. The zero-order valence-corrected chi connectivity index (χ0v) is 15.6. The van der Waals surface area contributed by atoms with Crippen LogP contribution in [0.1, 0.15) is 36.7 Å². The number of aromatic nitrogens is 2. The van der Waals surface area contributed by atoms with Crippen LogP contribution in [0.5, 0.6) is 0 Å². The van der Waals surface area contributed by atoms with Crippen molar-refractivity contribution in [2.75, 3.05) is 0 Å². The van der Waals surface area contributed by atoms with Crippen molar-refractivity contribution in [3.63, 3.8) is 0 Å². The summed E-state index contributed by atoms with van der Waals surface area (Å²) in [5.74, 6) is 1.46. The van der Waals surface area contributed by atoms with Crippen molar-refractivity contribution < 1.29 is 4.79 Å². The van der Waals surface area contributed by atoms with Crippen LogP contribution in [0.15, 0.2) is 66.7 Å². The number of imidazole rings is 1. The Morgan fingerprint density at radius 2 is 1.96 bits per heavy atom. The molecule has 3 aromatic rings. The first kappa shape index (κ1) is 17.5. The van der Waals surface area contributed by atoms with Gasteiger partial charge >= 0.3 is 0 Å². The molecule has 0 radical (unpaired) electrons. The molecule has 2 unspecified atom stereocenters. The van der Waals surface area contributed by atoms with E-state index in [0.29, 0.717) is 18.8 Å². The lowest BCUT2D eigenvalue weighted by atomic mass is 10.0. The molecule has 138 valence electrons. The van der Waals surface area contributed by atoms with E-state index in [4.69, 9.17) is 4.98 Å². The van der Waals surface area contributed by atoms with Gasteiger partial charge in [-0.15, -0.1) is 0 Å². The van der Waals surface area contributed by atoms with Gasteiger partial charge in [0.05, 0.1) is 17.1 Å². The lowest BCUT2D eigenvalue weighted by molar-refractivity contribution is -0.122. The highest BCUT2D eigenvalue weighted by atomic mass is 16.1. The highest BCUT2D eigenvalue weighted by Gasteiger charge is 2.21. The molecule has 0 saturated carbocycles. The molecule has 0 saturated heterocycles. The molecule has 4 nitrogen and oxygen atoms in total. The number of allylic oxidation sites excluding steroid dienone is 2. The first-order chi connectivity index (χ1) is 13.2. The Morgan fingerprint density at radius 3 is 2.70 bits per heavy atom. The number of rotatable bonds is 6. The van der Waals surface area contributed by atoms with E-state index >= 15 is 0 Å². The monoisotopic (exact) mass is 359 g/mol. The molecule has 0 aliphatic heterocycles. The molecule has 1 aliphatic rings. The molecule has 0 fully saturated rings. The van der Waals surface area contributed by atoms with E-state index in [2.05, 4.69) is 40.2 Å². The lowest BCUT2D eigenvalue weighted by Gasteiger charge is -2.20. The summed E-state index contributed by atoms with van der Waals surface area (Å²) in [6.45, 7) is 0. The van der Waals surface area contributed by atoms with E-state index in [1.807, 2.05) is 43.4 Å². The number of fused-ring (bicyclic) bond motifs is 1. The second kappa shape index (κ2) is 7.78. The fourth-order valence-electron chi connectivity index (χ4n) is 3.85. The highest BCUT2D eigenvalue weighted by Crippen LogP contribution is 2.24. The van der Waals surface area contributed by atoms with Crippen LogP contribution in [0.4, 0.5) is 0 Å². The van der Waals surface area contributed by atoms with Gasteiger partial charge in [0, 0.05) is 19.9 Å². The van der Waals surface area contributed by atoms with Crippen molar-refractivity contribution >= 4 is 16.9 Å². The van der Waals surface area contributed by atoms with Crippen LogP contribution in [0.3, 0.4) is 0 Å². The number of nitrogens with one attached hydrogen (secondary N) is 1. The minimum atomic E-state index is -0.0837. The van der Waals surface area contributed by atoms with Gasteiger partial charge in [-0.1, -0.05) is 54.6 Å². The number of hydrogen-bond donors (Lipinski definition) is 1. The van der Waals surface area contributed by atoms with Gasteiger partial charge in [0.2, 0.25) is 5.91 Å². The summed E-state index contributed by atoms with van der Waals surface area (Å²) >= 11 is 0. The molecule has 1 aromatic heterocycles. The number of aryl methyl sites for hydroxylation is 1. The molecule has 1 N–H and O–H groups in total. The van der Waals surface area contributed by atoms with Crippen LogP contribution in [-0.4, -0.2) is 15.5 Å². The van der Waals surface area contributed by atoms with Gasteiger partial charge in [-0.3, -0.25) is 4.79 Å². The Morgan fingerprint density at radius 1 is 1.19 bits per heavy atom. The predicted molar refractivity (Wildman–Crippen MR) is 108 cm³/mol. The maximum absolute atomic E-state index is 12.7. The Bertz CT molecular complexity index is 958. The topological polar surface area (TPSA) is 46.9 Å². The zero-order chi connectivity index (χ0) is 18.6. The standard InChI is InChI=1S/C23H25N3O/c1-26-21-14-8-7-13-19(21)24-22(26)16-20(18-11-3-2-4-12-18)25-23(27)15-17-9-5-6-10-17/h2-5,7-9,11-14,17,20H,6,10,15-16H2,1H3,(H,25,27). The van der Waals surface area contributed by atoms with Crippen molar-refractivity contribution in [2.24, 2.45) is 13.0 Å². The molecule has 4 heteroatoms. The highest BCUT2D eigenvalue weighted by molar-refractivity contribution is 5.77. The van der Waals surface area contributed by atoms with Gasteiger partial charge < -0.3 is 9.88 Å². The second-order valence-corrected chi connectivity index (χ2v) is 7.28. The van der Waals surface area contributed by atoms with Gasteiger partial charge in [-0.05, 0) is 36.5 Å². The number of carbonyl (C=O) groups is 1. The average Bonchev–Trinajstić information content (AvgIpc) is 3.30. The minimum absolute atomic E-state index is 0.0837. The first-order valence-electron chi connectivity index (χ1n) is 9.62. The molecule has 0 spiro atoms. The van der Waals surface area contributed by atoms with Crippen LogP contribution in [0, 0.1) is 5.92 Å². The van der Waals surface area contributed by atoms with Crippen LogP contribution < -0.4 is 5.32 Å². The number of para-hydroxylation sites is 2. The molecule has 1 amide bonds. The molecular weight excluding hydrogens is 334 g/mol. The van der Waals surface area contributed by atoms with Crippen LogP contribution in [-0.2, 0) is 18.3 Å². The normalized spacial score (nSPS) is 17.3. The van der Waals surface area contributed by atoms with Gasteiger partial charge in [0.25, 0.3) is 0 Å². The molecule has 1 aliphatic carbocycles. The Kier molecular flexibility index (Phi) is 5.05. The predicted octanol–water partition coefficient (Wildman–Crippen LogP) is 4.33. The van der Waals surface area contributed by atoms with Crippen molar-refractivity contribution in [3.05, 3.63) is 78.1 Å². The first-order valence-corrected chi connectivity index (χ1v) is 9.62. The smallest absolute Gasteiger partial charge is 0.221 e. The minimum Gasteiger partial charge on any atom is -0.349 e. The lowest BCUT2D eigenvalue weighted by Crippen LogP contribution is -2.31. The van der Waals surface area contributed by atoms with Gasteiger partial charge in [0.15, 0.2) is 0 Å². The van der Waals surface area contributed by atoms with E-state index in [-0.39, 0.29) is 11.9 Å². The molecule has 1 heterocycles. The number of hydrogen-bond acceptors (Lipinski definition) is 2. The van der Waals surface area contributed by atoms with Crippen molar-refractivity contribution in [2.45, 2.75) is 31.7 Å². The van der Waals surface area contributed by atoms with Crippen molar-refractivity contribution in [3.8, 4) is 0 Å². The van der Waals surface area contributed by atoms with E-state index in [9.17, 15) is 4.79 Å². The molecule has 0 bridgehead atoms. The average molecular weight is 359 g/mol. The summed E-state index contributed by atoms with van der Waals surface area (Å²) in [6, 6.07) is 18.2. The zero-order valence-electron chi connectivity index (χ0n) is 15.6. The summed E-state index contributed by atoms with van der Waals surface area (Å²) < 4.78 is 2.12. The third-order valence-electron chi connectivity index (χ3n) is 5.36. The number of amides is 1. The SMILES string of the molecule is Cn1c(CC(NC(=O)CC2C=CCC2)c2ccccc2)nc2ccccc21. The summed E-state index contributed by atoms with van der Waals surface area (Å²) in [5, 5.41) is 3.25. The summed E-state index contributed by atoms with van der Waals surface area (Å²) in [6.07, 6.45) is 7.73. The fraction of sp³-hybridized carbons (Fsp3) is 0.304. The Balaban J connectivity index is 1.56. The molecule has 27 heavy (non-hydrogen) atoms. The van der Waals surface area contributed by atoms with Gasteiger partial charge in [0.1, 0.15) is 5.82 Å². The van der Waals surface area contributed by atoms with E-state index in [0.717, 1.165) is 35.3 Å². The Hall–Kier alpha value is -2.88. The van der Waals surface area contributed by atoms with Gasteiger partial charge in [-0.2, -0.15) is 0 Å². The van der Waals surface area contributed by atoms with Crippen LogP contribution >= 0.6 is 0 Å². The van der Waals surface area contributed by atoms with Crippen LogP contribution in [0.25, 0.3) is 11.0 Å². The maximum atomic E-state index is 12.7. The number of carbonyl (C=O) groups excluding carboxylic acids is 1. The second-order valence-electron chi connectivity index (χ2n) is 7.28. The third kappa shape index (κ3) is 3.95. The summed E-state index contributed by atoms with van der Waals surface area (Å²) in [5.41, 5.74) is 3.21. The van der Waals surface area contributed by atoms with Crippen LogP contribution in [0.2, 0.25) is 0 Å².